The van der Waals surface area contributed by atoms with Gasteiger partial charge in [-0.05, 0) is 37.4 Å². The van der Waals surface area contributed by atoms with Crippen LogP contribution in [0.4, 0.5) is 14.5 Å². The van der Waals surface area contributed by atoms with Crippen molar-refractivity contribution in [3.8, 4) is 11.4 Å². The number of rotatable bonds is 2. The Labute approximate surface area is 148 Å². The second kappa shape index (κ2) is 6.49. The van der Waals surface area contributed by atoms with Gasteiger partial charge in [0, 0.05) is 37.8 Å². The molecule has 5 nitrogen and oxygen atoms in total. The minimum Gasteiger partial charge on any atom is -0.367 e. The van der Waals surface area contributed by atoms with Crippen LogP contribution in [0, 0.1) is 11.6 Å². The molecule has 0 atom stereocenters. The predicted molar refractivity (Wildman–Crippen MR) is 97.4 cm³/mol. The summed E-state index contributed by atoms with van der Waals surface area (Å²) in [6.45, 7) is 3.10. The van der Waals surface area contributed by atoms with Gasteiger partial charge in [0.15, 0.2) is 0 Å². The number of nitrogens with one attached hydrogen (secondary N) is 1. The number of H-pyrrole nitrogens is 1. The average Bonchev–Trinajstić information content (AvgIpc) is 2.62. The maximum atomic E-state index is 14.7. The van der Waals surface area contributed by atoms with Crippen LogP contribution in [0.2, 0.25) is 0 Å². The molecule has 0 radical (unpaired) electrons. The van der Waals surface area contributed by atoms with Crippen LogP contribution in [0.1, 0.15) is 0 Å². The lowest BCUT2D eigenvalue weighted by Gasteiger charge is -2.34. The molecule has 2 aromatic carbocycles. The van der Waals surface area contributed by atoms with Crippen molar-refractivity contribution in [1.29, 1.82) is 0 Å². The molecule has 1 aliphatic rings. The summed E-state index contributed by atoms with van der Waals surface area (Å²) < 4.78 is 27.7. The first-order valence-corrected chi connectivity index (χ1v) is 8.44. The fraction of sp³-hybridized carbons (Fsp3) is 0.263. The topological polar surface area (TPSA) is 52.2 Å². The van der Waals surface area contributed by atoms with Gasteiger partial charge >= 0.3 is 0 Å². The SMILES string of the molecule is CN1CCN(c2cc3c(=O)[nH]c(-c4ccc(F)cc4)nc3cc2F)CC1. The Morgan fingerprint density at radius 3 is 2.42 bits per heavy atom. The van der Waals surface area contributed by atoms with Gasteiger partial charge in [-0.1, -0.05) is 0 Å². The van der Waals surface area contributed by atoms with Gasteiger partial charge in [0.25, 0.3) is 5.56 Å². The molecule has 26 heavy (non-hydrogen) atoms. The van der Waals surface area contributed by atoms with E-state index in [1.54, 1.807) is 6.07 Å². The van der Waals surface area contributed by atoms with Crippen LogP contribution in [0.3, 0.4) is 0 Å². The van der Waals surface area contributed by atoms with Crippen molar-refractivity contribution in [2.24, 2.45) is 0 Å². The molecule has 1 fully saturated rings. The fourth-order valence-electron chi connectivity index (χ4n) is 3.18. The highest BCUT2D eigenvalue weighted by atomic mass is 19.1. The summed E-state index contributed by atoms with van der Waals surface area (Å²) >= 11 is 0. The van der Waals surface area contributed by atoms with Crippen molar-refractivity contribution in [2.45, 2.75) is 0 Å². The lowest BCUT2D eigenvalue weighted by atomic mass is 10.1. The minimum atomic E-state index is -0.398. The Kier molecular flexibility index (Phi) is 4.16. The predicted octanol–water partition coefficient (Wildman–Crippen LogP) is 2.62. The second-order valence-corrected chi connectivity index (χ2v) is 6.53. The van der Waals surface area contributed by atoms with Crippen LogP contribution in [0.25, 0.3) is 22.3 Å². The van der Waals surface area contributed by atoms with E-state index in [1.165, 1.54) is 30.3 Å². The Hall–Kier alpha value is -2.80. The van der Waals surface area contributed by atoms with Gasteiger partial charge < -0.3 is 14.8 Å². The highest BCUT2D eigenvalue weighted by molar-refractivity contribution is 5.83. The molecule has 0 spiro atoms. The Morgan fingerprint density at radius 2 is 1.73 bits per heavy atom. The van der Waals surface area contributed by atoms with E-state index < -0.39 is 5.82 Å². The van der Waals surface area contributed by atoms with Crippen LogP contribution in [-0.4, -0.2) is 48.1 Å². The molecule has 0 bridgehead atoms. The molecule has 7 heteroatoms. The number of anilines is 1. The van der Waals surface area contributed by atoms with E-state index in [-0.39, 0.29) is 22.7 Å². The van der Waals surface area contributed by atoms with E-state index in [4.69, 9.17) is 0 Å². The number of hydrogen-bond donors (Lipinski definition) is 1. The van der Waals surface area contributed by atoms with Gasteiger partial charge in [-0.2, -0.15) is 0 Å². The molecule has 3 aromatic rings. The second-order valence-electron chi connectivity index (χ2n) is 6.53. The summed E-state index contributed by atoms with van der Waals surface area (Å²) in [5, 5.41) is 0.339. The molecule has 4 rings (SSSR count). The molecule has 2 heterocycles. The monoisotopic (exact) mass is 356 g/mol. The number of nitrogens with zero attached hydrogens (tertiary/aromatic N) is 3. The number of benzene rings is 2. The molecular formula is C19H18F2N4O. The summed E-state index contributed by atoms with van der Waals surface area (Å²) in [7, 11) is 2.03. The molecule has 1 aliphatic heterocycles. The van der Waals surface area contributed by atoms with Gasteiger partial charge in [0.05, 0.1) is 16.6 Å². The highest BCUT2D eigenvalue weighted by Gasteiger charge is 2.19. The molecule has 0 amide bonds. The van der Waals surface area contributed by atoms with Gasteiger partial charge in [-0.15, -0.1) is 0 Å². The zero-order chi connectivity index (χ0) is 18.3. The van der Waals surface area contributed by atoms with Crippen LogP contribution in [-0.2, 0) is 0 Å². The smallest absolute Gasteiger partial charge is 0.259 e. The quantitative estimate of drug-likeness (QED) is 0.767. The summed E-state index contributed by atoms with van der Waals surface area (Å²) in [6, 6.07) is 8.48. The first-order valence-electron chi connectivity index (χ1n) is 8.44. The summed E-state index contributed by atoms with van der Waals surface area (Å²) in [6.07, 6.45) is 0. The van der Waals surface area contributed by atoms with E-state index in [1.807, 2.05) is 11.9 Å². The maximum Gasteiger partial charge on any atom is 0.259 e. The molecular weight excluding hydrogens is 338 g/mol. The van der Waals surface area contributed by atoms with Crippen LogP contribution in [0.5, 0.6) is 0 Å². The number of hydrogen-bond acceptors (Lipinski definition) is 4. The Bertz CT molecular complexity index is 1010. The third-order valence-electron chi connectivity index (χ3n) is 4.74. The van der Waals surface area contributed by atoms with Crippen molar-refractivity contribution in [3.63, 3.8) is 0 Å². The maximum absolute atomic E-state index is 14.7. The summed E-state index contributed by atoms with van der Waals surface area (Å²) in [4.78, 5) is 23.7. The van der Waals surface area contributed by atoms with E-state index >= 15 is 0 Å². The molecule has 0 saturated carbocycles. The molecule has 1 N–H and O–H groups in total. The van der Waals surface area contributed by atoms with E-state index in [2.05, 4.69) is 14.9 Å². The summed E-state index contributed by atoms with van der Waals surface area (Å²) in [5.74, 6) is -0.487. The van der Waals surface area contributed by atoms with E-state index in [0.717, 1.165) is 13.1 Å². The third kappa shape index (κ3) is 3.06. The number of fused-ring (bicyclic) bond motifs is 1. The highest BCUT2D eigenvalue weighted by Crippen LogP contribution is 2.25. The van der Waals surface area contributed by atoms with Crippen molar-refractivity contribution in [1.82, 2.24) is 14.9 Å². The van der Waals surface area contributed by atoms with Crippen LogP contribution >= 0.6 is 0 Å². The molecule has 134 valence electrons. The number of piperazine rings is 1. The van der Waals surface area contributed by atoms with Crippen molar-refractivity contribution >= 4 is 16.6 Å². The lowest BCUT2D eigenvalue weighted by Crippen LogP contribution is -2.44. The number of aromatic nitrogens is 2. The molecule has 0 unspecified atom stereocenters. The zero-order valence-electron chi connectivity index (χ0n) is 14.3. The lowest BCUT2D eigenvalue weighted by molar-refractivity contribution is 0.312. The fourth-order valence-corrected chi connectivity index (χ4v) is 3.18. The third-order valence-corrected chi connectivity index (χ3v) is 4.74. The van der Waals surface area contributed by atoms with Crippen LogP contribution in [0.15, 0.2) is 41.2 Å². The molecule has 0 aliphatic carbocycles. The standard InChI is InChI=1S/C19H18F2N4O/c1-24-6-8-25(9-7-24)17-10-14-16(11-15(17)21)22-18(23-19(14)26)12-2-4-13(20)5-3-12/h2-5,10-11H,6-9H2,1H3,(H,22,23,26). The molecule has 1 saturated heterocycles. The van der Waals surface area contributed by atoms with Gasteiger partial charge in [0.1, 0.15) is 17.5 Å². The molecule has 1 aromatic heterocycles. The number of likely N-dealkylation sites (N-methyl/N-ethyl adjacent to an activating group) is 1. The van der Waals surface area contributed by atoms with Crippen molar-refractivity contribution < 1.29 is 8.78 Å². The zero-order valence-corrected chi connectivity index (χ0v) is 14.3. The number of aromatic amines is 1. The van der Waals surface area contributed by atoms with Crippen LogP contribution < -0.4 is 10.5 Å². The Morgan fingerprint density at radius 1 is 1.04 bits per heavy atom. The minimum absolute atomic E-state index is 0.281. The van der Waals surface area contributed by atoms with Gasteiger partial charge in [-0.25, -0.2) is 13.8 Å². The average molecular weight is 356 g/mol. The first-order chi connectivity index (χ1) is 12.5. The van der Waals surface area contributed by atoms with E-state index in [0.29, 0.717) is 29.7 Å². The van der Waals surface area contributed by atoms with Crippen molar-refractivity contribution in [2.75, 3.05) is 38.1 Å². The largest absolute Gasteiger partial charge is 0.367 e. The van der Waals surface area contributed by atoms with Crippen molar-refractivity contribution in [3.05, 3.63) is 58.4 Å². The Balaban J connectivity index is 1.77. The normalized spacial score (nSPS) is 15.6. The van der Waals surface area contributed by atoms with Gasteiger partial charge in [-0.3, -0.25) is 4.79 Å². The first kappa shape index (κ1) is 16.7. The van der Waals surface area contributed by atoms with E-state index in [9.17, 15) is 13.6 Å². The van der Waals surface area contributed by atoms with Gasteiger partial charge in [0.2, 0.25) is 0 Å². The number of halogens is 2. The summed E-state index contributed by atoms with van der Waals surface area (Å²) in [5.41, 5.74) is 0.925.